The molecule has 2 nitrogen and oxygen atoms in total. The standard InChI is InChI=1S/C9H14O2/c1-2-3-8-11-9-6-4-5-7-10/h3-8,10H,2,9H2,1H3/b6-4-,7-5+,8-3-. The average molecular weight is 154 g/mol. The molecule has 0 aromatic heterocycles. The molecule has 0 bridgehead atoms. The Morgan fingerprint density at radius 2 is 2.09 bits per heavy atom. The van der Waals surface area contributed by atoms with E-state index in [-0.39, 0.29) is 0 Å². The monoisotopic (exact) mass is 154 g/mol. The van der Waals surface area contributed by atoms with Crippen molar-refractivity contribution in [3.05, 3.63) is 36.8 Å². The van der Waals surface area contributed by atoms with Crippen LogP contribution in [0.3, 0.4) is 0 Å². The number of hydrogen-bond donors (Lipinski definition) is 1. The molecule has 0 unspecified atom stereocenters. The summed E-state index contributed by atoms with van der Waals surface area (Å²) in [7, 11) is 0. The Bertz CT molecular complexity index is 146. The van der Waals surface area contributed by atoms with Gasteiger partial charge >= 0.3 is 0 Å². The van der Waals surface area contributed by atoms with Gasteiger partial charge < -0.3 is 9.84 Å². The van der Waals surface area contributed by atoms with Crippen LogP contribution in [0.15, 0.2) is 36.8 Å². The highest BCUT2D eigenvalue weighted by atomic mass is 16.5. The molecule has 2 heteroatoms. The third-order valence-corrected chi connectivity index (χ3v) is 0.954. The number of aliphatic hydroxyl groups is 1. The fourth-order valence-corrected chi connectivity index (χ4v) is 0.459. The Morgan fingerprint density at radius 3 is 2.73 bits per heavy atom. The number of rotatable bonds is 5. The summed E-state index contributed by atoms with van der Waals surface area (Å²) in [6.45, 7) is 2.59. The second-order valence-electron chi connectivity index (χ2n) is 1.88. The molecule has 0 rings (SSSR count). The Labute approximate surface area is 67.5 Å². The molecular weight excluding hydrogens is 140 g/mol. The van der Waals surface area contributed by atoms with Gasteiger partial charge in [0.15, 0.2) is 0 Å². The van der Waals surface area contributed by atoms with Gasteiger partial charge in [-0.2, -0.15) is 0 Å². The van der Waals surface area contributed by atoms with Crippen LogP contribution in [0.2, 0.25) is 0 Å². The van der Waals surface area contributed by atoms with Gasteiger partial charge in [0.25, 0.3) is 0 Å². The Hall–Kier alpha value is -1.18. The second kappa shape index (κ2) is 8.82. The Kier molecular flexibility index (Phi) is 7.87. The first kappa shape index (κ1) is 9.82. The molecule has 0 heterocycles. The van der Waals surface area contributed by atoms with Gasteiger partial charge in [-0.05, 0) is 18.6 Å². The molecule has 0 radical (unpaired) electrons. The summed E-state index contributed by atoms with van der Waals surface area (Å²) < 4.78 is 5.04. The van der Waals surface area contributed by atoms with E-state index < -0.39 is 0 Å². The van der Waals surface area contributed by atoms with Crippen molar-refractivity contribution in [2.24, 2.45) is 0 Å². The highest BCUT2D eigenvalue weighted by molar-refractivity contribution is 4.99. The fourth-order valence-electron chi connectivity index (χ4n) is 0.459. The maximum Gasteiger partial charge on any atom is 0.106 e. The quantitative estimate of drug-likeness (QED) is 0.374. The van der Waals surface area contributed by atoms with Crippen LogP contribution in [-0.4, -0.2) is 11.7 Å². The number of ether oxygens (including phenoxy) is 1. The second-order valence-corrected chi connectivity index (χ2v) is 1.88. The maximum absolute atomic E-state index is 8.22. The molecule has 0 fully saturated rings. The third kappa shape index (κ3) is 8.82. The molecule has 0 aliphatic rings. The van der Waals surface area contributed by atoms with Crippen molar-refractivity contribution >= 4 is 0 Å². The summed E-state index contributed by atoms with van der Waals surface area (Å²) in [4.78, 5) is 0. The van der Waals surface area contributed by atoms with Crippen molar-refractivity contribution < 1.29 is 9.84 Å². The third-order valence-electron chi connectivity index (χ3n) is 0.954. The Morgan fingerprint density at radius 1 is 1.27 bits per heavy atom. The maximum atomic E-state index is 8.22. The normalized spacial score (nSPS) is 12.1. The summed E-state index contributed by atoms with van der Waals surface area (Å²) in [6.07, 6.45) is 10.7. The van der Waals surface area contributed by atoms with Gasteiger partial charge in [0.1, 0.15) is 6.61 Å². The lowest BCUT2D eigenvalue weighted by atomic mass is 10.5. The largest absolute Gasteiger partial charge is 0.516 e. The zero-order valence-corrected chi connectivity index (χ0v) is 6.73. The molecule has 11 heavy (non-hydrogen) atoms. The molecule has 0 aliphatic heterocycles. The van der Waals surface area contributed by atoms with E-state index in [9.17, 15) is 0 Å². The molecule has 0 aromatic rings. The molecule has 0 saturated carbocycles. The first-order valence-electron chi connectivity index (χ1n) is 3.64. The number of allylic oxidation sites excluding steroid dienone is 3. The van der Waals surface area contributed by atoms with Gasteiger partial charge in [-0.1, -0.05) is 19.1 Å². The van der Waals surface area contributed by atoms with Gasteiger partial charge in [-0.3, -0.25) is 0 Å². The van der Waals surface area contributed by atoms with Crippen LogP contribution in [-0.2, 0) is 4.74 Å². The van der Waals surface area contributed by atoms with Gasteiger partial charge in [0, 0.05) is 0 Å². The van der Waals surface area contributed by atoms with Crippen molar-refractivity contribution in [3.8, 4) is 0 Å². The molecule has 0 spiro atoms. The van der Waals surface area contributed by atoms with Crippen molar-refractivity contribution in [2.45, 2.75) is 13.3 Å². The van der Waals surface area contributed by atoms with Crippen LogP contribution in [0.25, 0.3) is 0 Å². The zero-order valence-electron chi connectivity index (χ0n) is 6.73. The molecule has 0 amide bonds. The van der Waals surface area contributed by atoms with Gasteiger partial charge in [-0.15, -0.1) is 0 Å². The minimum atomic E-state index is 0.542. The van der Waals surface area contributed by atoms with Gasteiger partial charge in [-0.25, -0.2) is 0 Å². The SMILES string of the molecule is CC/C=C\OC/C=C\C=C\O. The highest BCUT2D eigenvalue weighted by Gasteiger charge is 1.71. The minimum absolute atomic E-state index is 0.542. The van der Waals surface area contributed by atoms with E-state index in [0.29, 0.717) is 6.61 Å². The van der Waals surface area contributed by atoms with Gasteiger partial charge in [0.2, 0.25) is 0 Å². The van der Waals surface area contributed by atoms with E-state index in [1.807, 2.05) is 19.1 Å². The molecule has 0 saturated heterocycles. The van der Waals surface area contributed by atoms with Crippen LogP contribution < -0.4 is 0 Å². The number of aliphatic hydroxyl groups excluding tert-OH is 1. The topological polar surface area (TPSA) is 29.5 Å². The van der Waals surface area contributed by atoms with E-state index in [2.05, 4.69) is 0 Å². The van der Waals surface area contributed by atoms with Gasteiger partial charge in [0.05, 0.1) is 12.5 Å². The lowest BCUT2D eigenvalue weighted by molar-refractivity contribution is 0.288. The van der Waals surface area contributed by atoms with Crippen LogP contribution in [0, 0.1) is 0 Å². The Balaban J connectivity index is 3.20. The summed E-state index contributed by atoms with van der Waals surface area (Å²) in [5.41, 5.74) is 0. The molecule has 0 aromatic carbocycles. The van der Waals surface area contributed by atoms with Crippen molar-refractivity contribution in [3.63, 3.8) is 0 Å². The van der Waals surface area contributed by atoms with Crippen LogP contribution in [0.4, 0.5) is 0 Å². The smallest absolute Gasteiger partial charge is 0.106 e. The molecule has 1 N–H and O–H groups in total. The van der Waals surface area contributed by atoms with Crippen LogP contribution in [0.1, 0.15) is 13.3 Å². The predicted molar refractivity (Wildman–Crippen MR) is 46.3 cm³/mol. The summed E-state index contributed by atoms with van der Waals surface area (Å²) in [5, 5.41) is 8.22. The first-order chi connectivity index (χ1) is 5.41. The molecular formula is C9H14O2. The van der Waals surface area contributed by atoms with Crippen molar-refractivity contribution in [1.82, 2.24) is 0 Å². The number of hydrogen-bond acceptors (Lipinski definition) is 2. The summed E-state index contributed by atoms with van der Waals surface area (Å²) in [5.74, 6) is 0. The van der Waals surface area contributed by atoms with Crippen LogP contribution >= 0.6 is 0 Å². The highest BCUT2D eigenvalue weighted by Crippen LogP contribution is 1.83. The first-order valence-corrected chi connectivity index (χ1v) is 3.64. The van der Waals surface area contributed by atoms with E-state index in [4.69, 9.17) is 9.84 Å². The van der Waals surface area contributed by atoms with Crippen molar-refractivity contribution in [1.29, 1.82) is 0 Å². The fraction of sp³-hybridized carbons (Fsp3) is 0.333. The summed E-state index contributed by atoms with van der Waals surface area (Å²) >= 11 is 0. The lowest BCUT2D eigenvalue weighted by Crippen LogP contribution is -1.78. The van der Waals surface area contributed by atoms with E-state index in [1.165, 1.54) is 6.08 Å². The van der Waals surface area contributed by atoms with E-state index in [0.717, 1.165) is 12.7 Å². The van der Waals surface area contributed by atoms with E-state index >= 15 is 0 Å². The van der Waals surface area contributed by atoms with Crippen LogP contribution in [0.5, 0.6) is 0 Å². The molecule has 62 valence electrons. The average Bonchev–Trinajstić information content (AvgIpc) is 2.03. The van der Waals surface area contributed by atoms with Crippen molar-refractivity contribution in [2.75, 3.05) is 6.61 Å². The van der Waals surface area contributed by atoms with E-state index in [1.54, 1.807) is 12.3 Å². The molecule has 0 atom stereocenters. The predicted octanol–water partition coefficient (Wildman–Crippen LogP) is 2.55. The lowest BCUT2D eigenvalue weighted by Gasteiger charge is -1.91. The molecule has 0 aliphatic carbocycles. The summed E-state index contributed by atoms with van der Waals surface area (Å²) in [6, 6.07) is 0. The minimum Gasteiger partial charge on any atom is -0.516 e. The zero-order chi connectivity index (χ0) is 8.36.